The van der Waals surface area contributed by atoms with E-state index in [1.54, 1.807) is 0 Å². The van der Waals surface area contributed by atoms with Gasteiger partial charge in [0.15, 0.2) is 0 Å². The van der Waals surface area contributed by atoms with Crippen molar-refractivity contribution in [2.45, 2.75) is 44.3 Å². The van der Waals surface area contributed by atoms with Crippen LogP contribution in [-0.2, 0) is 14.3 Å². The second kappa shape index (κ2) is 3.69. The largest absolute Gasteiger partial charge is 0.378 e. The van der Waals surface area contributed by atoms with E-state index in [0.29, 0.717) is 31.5 Å². The third kappa shape index (κ3) is 2.20. The Morgan fingerprint density at radius 2 is 2.06 bits per heavy atom. The van der Waals surface area contributed by atoms with Crippen LogP contribution < -0.4 is 0 Å². The van der Waals surface area contributed by atoms with Crippen LogP contribution in [-0.4, -0.2) is 48.3 Å². The van der Waals surface area contributed by atoms with E-state index in [0.717, 1.165) is 25.9 Å². The zero-order valence-electron chi connectivity index (χ0n) is 10.7. The van der Waals surface area contributed by atoms with Crippen molar-refractivity contribution in [3.63, 3.8) is 0 Å². The van der Waals surface area contributed by atoms with Crippen LogP contribution in [0.4, 0.5) is 0 Å². The first-order chi connectivity index (χ1) is 8.00. The Balaban J connectivity index is 1.78. The molecule has 0 bridgehead atoms. The minimum Gasteiger partial charge on any atom is -0.378 e. The predicted octanol–water partition coefficient (Wildman–Crippen LogP) is 1.19. The Labute approximate surface area is 102 Å². The topological polar surface area (TPSA) is 38.8 Å². The molecule has 17 heavy (non-hydrogen) atoms. The molecule has 3 rings (SSSR count). The molecule has 0 aromatic heterocycles. The number of hydrogen-bond acceptors (Lipinski definition) is 3. The molecule has 1 atom stereocenters. The van der Waals surface area contributed by atoms with Crippen molar-refractivity contribution in [1.82, 2.24) is 4.90 Å². The fraction of sp³-hybridized carbons (Fsp3) is 0.923. The molecule has 4 nitrogen and oxygen atoms in total. The van der Waals surface area contributed by atoms with E-state index in [1.165, 1.54) is 0 Å². The summed E-state index contributed by atoms with van der Waals surface area (Å²) in [7, 11) is 0. The van der Waals surface area contributed by atoms with E-state index in [4.69, 9.17) is 9.47 Å². The fourth-order valence-electron chi connectivity index (χ4n) is 3.05. The lowest BCUT2D eigenvalue weighted by atomic mass is 9.94. The summed E-state index contributed by atoms with van der Waals surface area (Å²) in [5, 5.41) is 0. The fourth-order valence-corrected chi connectivity index (χ4v) is 3.05. The smallest absolute Gasteiger partial charge is 0.225 e. The molecule has 0 radical (unpaired) electrons. The molecule has 1 saturated carbocycles. The van der Waals surface area contributed by atoms with Gasteiger partial charge in [-0.3, -0.25) is 4.79 Å². The molecule has 96 valence electrons. The van der Waals surface area contributed by atoms with Crippen molar-refractivity contribution in [1.29, 1.82) is 0 Å². The molecule has 4 heteroatoms. The minimum atomic E-state index is -0.253. The summed E-state index contributed by atoms with van der Waals surface area (Å²) in [6, 6.07) is 0. The number of nitrogens with zero attached hydrogens (tertiary/aromatic N) is 1. The van der Waals surface area contributed by atoms with Crippen molar-refractivity contribution in [2.75, 3.05) is 26.3 Å². The van der Waals surface area contributed by atoms with Gasteiger partial charge >= 0.3 is 0 Å². The molecule has 2 heterocycles. The summed E-state index contributed by atoms with van der Waals surface area (Å²) >= 11 is 0. The summed E-state index contributed by atoms with van der Waals surface area (Å²) in [6.07, 6.45) is 3.05. The van der Waals surface area contributed by atoms with Crippen LogP contribution in [0.1, 0.15) is 33.1 Å². The van der Waals surface area contributed by atoms with Gasteiger partial charge < -0.3 is 14.4 Å². The second-order valence-corrected chi connectivity index (χ2v) is 6.32. The minimum absolute atomic E-state index is 0.244. The Bertz CT molecular complexity index is 330. The van der Waals surface area contributed by atoms with Crippen LogP contribution in [0.2, 0.25) is 0 Å². The Morgan fingerprint density at radius 3 is 2.65 bits per heavy atom. The third-order valence-corrected chi connectivity index (χ3v) is 3.85. The maximum Gasteiger partial charge on any atom is 0.225 e. The van der Waals surface area contributed by atoms with Crippen molar-refractivity contribution in [3.05, 3.63) is 0 Å². The molecule has 0 aromatic rings. The molecule has 1 spiro atoms. The number of carbonyl (C=O) groups is 1. The van der Waals surface area contributed by atoms with Crippen LogP contribution in [0, 0.1) is 5.92 Å². The summed E-state index contributed by atoms with van der Waals surface area (Å²) in [5.41, 5.74) is -0.497. The van der Waals surface area contributed by atoms with Gasteiger partial charge in [0.2, 0.25) is 5.91 Å². The number of ether oxygens (including phenoxy) is 2. The predicted molar refractivity (Wildman–Crippen MR) is 62.6 cm³/mol. The lowest BCUT2D eigenvalue weighted by Crippen LogP contribution is -2.61. The highest BCUT2D eigenvalue weighted by Gasteiger charge is 2.49. The molecule has 1 amide bonds. The first-order valence-electron chi connectivity index (χ1n) is 6.57. The van der Waals surface area contributed by atoms with Gasteiger partial charge in [0.25, 0.3) is 0 Å². The SMILES string of the molecule is CC1(C)CN(C(=O)C2CC2)CC2(CCOC2)O1. The molecule has 0 N–H and O–H groups in total. The van der Waals surface area contributed by atoms with Gasteiger partial charge in [0, 0.05) is 25.5 Å². The van der Waals surface area contributed by atoms with Crippen LogP contribution in [0.3, 0.4) is 0 Å². The van der Waals surface area contributed by atoms with Crippen molar-refractivity contribution in [2.24, 2.45) is 5.92 Å². The number of amides is 1. The molecule has 1 aliphatic carbocycles. The Kier molecular flexibility index (Phi) is 2.49. The highest BCUT2D eigenvalue weighted by atomic mass is 16.6. The molecule has 1 unspecified atom stereocenters. The quantitative estimate of drug-likeness (QED) is 0.690. The standard InChI is InChI=1S/C13H21NO3/c1-12(2)7-14(11(15)10-3-4-10)8-13(17-12)5-6-16-9-13/h10H,3-9H2,1-2H3. The average molecular weight is 239 g/mol. The maximum atomic E-state index is 12.2. The third-order valence-electron chi connectivity index (χ3n) is 3.85. The highest BCUT2D eigenvalue weighted by molar-refractivity contribution is 5.81. The number of rotatable bonds is 1. The zero-order valence-corrected chi connectivity index (χ0v) is 10.7. The second-order valence-electron chi connectivity index (χ2n) is 6.32. The summed E-state index contributed by atoms with van der Waals surface area (Å²) in [6.45, 7) is 6.95. The Hall–Kier alpha value is -0.610. The van der Waals surface area contributed by atoms with Gasteiger partial charge in [-0.25, -0.2) is 0 Å². The summed E-state index contributed by atoms with van der Waals surface area (Å²) in [5.74, 6) is 0.621. The van der Waals surface area contributed by atoms with E-state index in [9.17, 15) is 4.79 Å². The zero-order chi connectivity index (χ0) is 12.1. The molecular weight excluding hydrogens is 218 g/mol. The highest BCUT2D eigenvalue weighted by Crippen LogP contribution is 2.38. The van der Waals surface area contributed by atoms with E-state index in [2.05, 4.69) is 13.8 Å². The Morgan fingerprint density at radius 1 is 1.29 bits per heavy atom. The van der Waals surface area contributed by atoms with E-state index in [1.807, 2.05) is 4.90 Å². The lowest BCUT2D eigenvalue weighted by molar-refractivity contribution is -0.199. The summed E-state index contributed by atoms with van der Waals surface area (Å²) < 4.78 is 11.7. The molecule has 3 aliphatic rings. The van der Waals surface area contributed by atoms with Crippen LogP contribution in [0.5, 0.6) is 0 Å². The number of carbonyl (C=O) groups excluding carboxylic acids is 1. The molecule has 3 fully saturated rings. The van der Waals surface area contributed by atoms with E-state index >= 15 is 0 Å². The van der Waals surface area contributed by atoms with Crippen molar-refractivity contribution in [3.8, 4) is 0 Å². The average Bonchev–Trinajstić information content (AvgIpc) is 2.99. The first kappa shape index (κ1) is 11.5. The number of hydrogen-bond donors (Lipinski definition) is 0. The van der Waals surface area contributed by atoms with Gasteiger partial charge in [-0.05, 0) is 26.7 Å². The van der Waals surface area contributed by atoms with Gasteiger partial charge in [-0.1, -0.05) is 0 Å². The van der Waals surface area contributed by atoms with E-state index in [-0.39, 0.29) is 11.2 Å². The molecular formula is C13H21NO3. The molecule has 2 saturated heterocycles. The van der Waals surface area contributed by atoms with Gasteiger partial charge in [0.05, 0.1) is 18.8 Å². The molecule has 2 aliphatic heterocycles. The van der Waals surface area contributed by atoms with Crippen LogP contribution in [0.25, 0.3) is 0 Å². The number of morpholine rings is 1. The van der Waals surface area contributed by atoms with E-state index < -0.39 is 0 Å². The van der Waals surface area contributed by atoms with Crippen molar-refractivity contribution >= 4 is 5.91 Å². The summed E-state index contributed by atoms with van der Waals surface area (Å²) in [4.78, 5) is 14.2. The van der Waals surface area contributed by atoms with Crippen LogP contribution in [0.15, 0.2) is 0 Å². The molecule has 0 aromatic carbocycles. The van der Waals surface area contributed by atoms with Gasteiger partial charge in [-0.2, -0.15) is 0 Å². The van der Waals surface area contributed by atoms with Crippen LogP contribution >= 0.6 is 0 Å². The van der Waals surface area contributed by atoms with Gasteiger partial charge in [-0.15, -0.1) is 0 Å². The lowest BCUT2D eigenvalue weighted by Gasteiger charge is -2.48. The maximum absolute atomic E-state index is 12.2. The van der Waals surface area contributed by atoms with Gasteiger partial charge in [0.1, 0.15) is 5.60 Å². The monoisotopic (exact) mass is 239 g/mol. The first-order valence-corrected chi connectivity index (χ1v) is 6.57. The van der Waals surface area contributed by atoms with Crippen molar-refractivity contribution < 1.29 is 14.3 Å². The normalized spacial score (nSPS) is 36.5.